The minimum absolute atomic E-state index is 0.0101. The number of hydrogen-bond donors (Lipinski definition) is 1. The molecule has 0 spiro atoms. The van der Waals surface area contributed by atoms with E-state index in [0.29, 0.717) is 36.2 Å². The molecular formula is C23H30O4. The Kier molecular flexibility index (Phi) is 4.77. The summed E-state index contributed by atoms with van der Waals surface area (Å²) in [6, 6.07) is 5.28. The van der Waals surface area contributed by atoms with Crippen LogP contribution in [0.15, 0.2) is 18.2 Å². The highest BCUT2D eigenvalue weighted by Gasteiger charge is 2.57. The van der Waals surface area contributed by atoms with Crippen LogP contribution in [0.5, 0.6) is 5.75 Å². The lowest BCUT2D eigenvalue weighted by molar-refractivity contribution is -0.157. The maximum atomic E-state index is 12.8. The number of aromatic hydroxyl groups is 1. The van der Waals surface area contributed by atoms with E-state index in [0.717, 1.165) is 44.1 Å². The van der Waals surface area contributed by atoms with Crippen LogP contribution in [0, 0.1) is 17.3 Å². The monoisotopic (exact) mass is 370 g/mol. The fraction of sp³-hybridized carbons (Fsp3) is 0.652. The van der Waals surface area contributed by atoms with E-state index in [1.807, 2.05) is 6.07 Å². The number of phenolic OH excluding ortho intramolecular Hbond substituents is 1. The van der Waals surface area contributed by atoms with Gasteiger partial charge >= 0.3 is 5.97 Å². The Morgan fingerprint density at radius 3 is 2.89 bits per heavy atom. The maximum Gasteiger partial charge on any atom is 0.306 e. The van der Waals surface area contributed by atoms with Crippen LogP contribution < -0.4 is 0 Å². The molecule has 3 aliphatic carbocycles. The Hall–Kier alpha value is -1.84. The molecular weight excluding hydrogens is 340 g/mol. The quantitative estimate of drug-likeness (QED) is 0.758. The first kappa shape index (κ1) is 18.5. The fourth-order valence-corrected chi connectivity index (χ4v) is 6.08. The lowest BCUT2D eigenvalue weighted by Gasteiger charge is -2.50. The number of rotatable bonds is 4. The molecule has 0 bridgehead atoms. The zero-order valence-electron chi connectivity index (χ0n) is 16.4. The number of phenols is 1. The van der Waals surface area contributed by atoms with Gasteiger partial charge in [-0.1, -0.05) is 26.3 Å². The summed E-state index contributed by atoms with van der Waals surface area (Å²) in [4.78, 5) is 25.0. The molecule has 1 N–H and O–H groups in total. The second-order valence-electron chi connectivity index (χ2n) is 8.98. The molecule has 0 amide bonds. The summed E-state index contributed by atoms with van der Waals surface area (Å²) in [6.07, 6.45) is 6.93. The molecule has 0 saturated heterocycles. The number of unbranched alkanes of at least 4 members (excludes halogenated alkanes) is 1. The highest BCUT2D eigenvalue weighted by Crippen LogP contribution is 2.61. The van der Waals surface area contributed by atoms with Crippen molar-refractivity contribution in [2.75, 3.05) is 0 Å². The topological polar surface area (TPSA) is 63.6 Å². The summed E-state index contributed by atoms with van der Waals surface area (Å²) < 4.78 is 5.92. The van der Waals surface area contributed by atoms with Crippen molar-refractivity contribution in [3.8, 4) is 5.75 Å². The number of Topliss-reactive ketones (excluding diaryl/α,β-unsaturated/α-hetero) is 1. The first-order chi connectivity index (χ1) is 12.9. The third-order valence-corrected chi connectivity index (χ3v) is 7.52. The Labute approximate surface area is 161 Å². The van der Waals surface area contributed by atoms with Crippen molar-refractivity contribution < 1.29 is 19.4 Å². The summed E-state index contributed by atoms with van der Waals surface area (Å²) in [5, 5.41) is 9.77. The van der Waals surface area contributed by atoms with Crippen LogP contribution in [0.1, 0.15) is 87.1 Å². The summed E-state index contributed by atoms with van der Waals surface area (Å²) in [6.45, 7) is 4.36. The second-order valence-corrected chi connectivity index (χ2v) is 8.98. The van der Waals surface area contributed by atoms with Gasteiger partial charge in [0.25, 0.3) is 0 Å². The van der Waals surface area contributed by atoms with Gasteiger partial charge in [-0.15, -0.1) is 0 Å². The standard InChI is InChI=1S/C23H30O4/c1-3-4-5-22(26)27-21-9-8-19-17-13-20(25)18-12-14(24)6-7-15(18)16(17)10-11-23(19,21)2/h6-7,12,16-17,19,21,24H,3-5,8-11,13H2,1-2H3/t16-,17-,19+,21+,23+/m1/s1. The molecule has 5 atom stereocenters. The van der Waals surface area contributed by atoms with Crippen LogP contribution in [-0.4, -0.2) is 23.0 Å². The van der Waals surface area contributed by atoms with E-state index in [9.17, 15) is 14.7 Å². The number of esters is 1. The molecule has 0 aromatic heterocycles. The average molecular weight is 370 g/mol. The zero-order chi connectivity index (χ0) is 19.2. The highest BCUT2D eigenvalue weighted by atomic mass is 16.5. The number of benzene rings is 1. The smallest absolute Gasteiger partial charge is 0.306 e. The van der Waals surface area contributed by atoms with Crippen LogP contribution in [0.2, 0.25) is 0 Å². The van der Waals surface area contributed by atoms with E-state index >= 15 is 0 Å². The fourth-order valence-electron chi connectivity index (χ4n) is 6.08. The maximum absolute atomic E-state index is 12.8. The van der Waals surface area contributed by atoms with Gasteiger partial charge < -0.3 is 9.84 Å². The molecule has 0 aliphatic heterocycles. The Bertz CT molecular complexity index is 755. The van der Waals surface area contributed by atoms with Crippen molar-refractivity contribution >= 4 is 11.8 Å². The first-order valence-electron chi connectivity index (χ1n) is 10.5. The number of fused-ring (bicyclic) bond motifs is 5. The third kappa shape index (κ3) is 3.07. The summed E-state index contributed by atoms with van der Waals surface area (Å²) in [5.41, 5.74) is 1.80. The SMILES string of the molecule is CCCCC(=O)O[C@H]1CC[C@H]2[C@@H]3CC(=O)c4cc(O)ccc4[C@H]3CC[C@]12C. The van der Waals surface area contributed by atoms with E-state index in [-0.39, 0.29) is 29.0 Å². The van der Waals surface area contributed by atoms with Crippen LogP contribution in [-0.2, 0) is 9.53 Å². The predicted octanol–water partition coefficient (Wildman–Crippen LogP) is 4.99. The molecule has 2 fully saturated rings. The van der Waals surface area contributed by atoms with Crippen LogP contribution in [0.25, 0.3) is 0 Å². The van der Waals surface area contributed by atoms with Gasteiger partial charge in [0.15, 0.2) is 5.78 Å². The van der Waals surface area contributed by atoms with Gasteiger partial charge in [0, 0.05) is 23.8 Å². The van der Waals surface area contributed by atoms with E-state index in [1.165, 1.54) is 0 Å². The summed E-state index contributed by atoms with van der Waals surface area (Å²) >= 11 is 0. The highest BCUT2D eigenvalue weighted by molar-refractivity contribution is 5.99. The lowest BCUT2D eigenvalue weighted by atomic mass is 9.55. The van der Waals surface area contributed by atoms with Gasteiger partial charge in [-0.25, -0.2) is 0 Å². The van der Waals surface area contributed by atoms with Gasteiger partial charge in [0.2, 0.25) is 0 Å². The number of ether oxygens (including phenoxy) is 1. The van der Waals surface area contributed by atoms with E-state index in [1.54, 1.807) is 12.1 Å². The van der Waals surface area contributed by atoms with Crippen LogP contribution in [0.4, 0.5) is 0 Å². The van der Waals surface area contributed by atoms with Gasteiger partial charge in [-0.2, -0.15) is 0 Å². The van der Waals surface area contributed by atoms with E-state index in [4.69, 9.17) is 4.74 Å². The number of carbonyl (C=O) groups excluding carboxylic acids is 2. The molecule has 2 saturated carbocycles. The summed E-state index contributed by atoms with van der Waals surface area (Å²) in [7, 11) is 0. The van der Waals surface area contributed by atoms with Gasteiger partial charge in [-0.05, 0) is 67.6 Å². The Morgan fingerprint density at radius 2 is 2.11 bits per heavy atom. The molecule has 0 radical (unpaired) electrons. The van der Waals surface area contributed by atoms with Crippen molar-refractivity contribution in [3.05, 3.63) is 29.3 Å². The minimum Gasteiger partial charge on any atom is -0.508 e. The molecule has 3 aliphatic rings. The van der Waals surface area contributed by atoms with Crippen molar-refractivity contribution in [2.24, 2.45) is 17.3 Å². The van der Waals surface area contributed by atoms with E-state index < -0.39 is 0 Å². The zero-order valence-corrected chi connectivity index (χ0v) is 16.4. The number of carbonyl (C=O) groups is 2. The molecule has 0 heterocycles. The first-order valence-corrected chi connectivity index (χ1v) is 10.5. The van der Waals surface area contributed by atoms with Gasteiger partial charge in [0.1, 0.15) is 11.9 Å². The van der Waals surface area contributed by atoms with Crippen molar-refractivity contribution in [2.45, 2.75) is 77.2 Å². The van der Waals surface area contributed by atoms with Gasteiger partial charge in [0.05, 0.1) is 0 Å². The summed E-state index contributed by atoms with van der Waals surface area (Å²) in [5.74, 6) is 1.38. The van der Waals surface area contributed by atoms with E-state index in [2.05, 4.69) is 13.8 Å². The number of ketones is 1. The molecule has 4 rings (SSSR count). The second kappa shape index (κ2) is 6.96. The predicted molar refractivity (Wildman–Crippen MR) is 103 cm³/mol. The lowest BCUT2D eigenvalue weighted by Crippen LogP contribution is -2.46. The van der Waals surface area contributed by atoms with Crippen molar-refractivity contribution in [1.82, 2.24) is 0 Å². The van der Waals surface area contributed by atoms with Crippen molar-refractivity contribution in [3.63, 3.8) is 0 Å². The average Bonchev–Trinajstić information content (AvgIpc) is 2.97. The molecule has 4 nitrogen and oxygen atoms in total. The van der Waals surface area contributed by atoms with Gasteiger partial charge in [-0.3, -0.25) is 9.59 Å². The normalized spacial score (nSPS) is 34.5. The molecule has 1 aromatic rings. The molecule has 4 heteroatoms. The Morgan fingerprint density at radius 1 is 1.30 bits per heavy atom. The molecule has 0 unspecified atom stereocenters. The van der Waals surface area contributed by atoms with Crippen molar-refractivity contribution in [1.29, 1.82) is 0 Å². The third-order valence-electron chi connectivity index (χ3n) is 7.52. The Balaban J connectivity index is 1.56. The number of hydrogen-bond acceptors (Lipinski definition) is 4. The molecule has 27 heavy (non-hydrogen) atoms. The minimum atomic E-state index is -0.0635. The van der Waals surface area contributed by atoms with Crippen LogP contribution in [0.3, 0.4) is 0 Å². The largest absolute Gasteiger partial charge is 0.508 e. The molecule has 146 valence electrons. The molecule has 1 aromatic carbocycles. The van der Waals surface area contributed by atoms with Crippen LogP contribution >= 0.6 is 0 Å².